The molecule has 1 atom stereocenters. The Balaban J connectivity index is 2.93. The summed E-state index contributed by atoms with van der Waals surface area (Å²) in [6.07, 6.45) is 0. The van der Waals surface area contributed by atoms with Gasteiger partial charge in [-0.2, -0.15) is 0 Å². The molecule has 3 N–H and O–H groups in total. The maximum atomic E-state index is 8.79. The third kappa shape index (κ3) is 2.02. The zero-order chi connectivity index (χ0) is 8.43. The number of aliphatic hydroxyl groups excluding tert-OH is 1. The number of nitrogens with two attached hydrogens (primary N) is 1. The zero-order valence-electron chi connectivity index (χ0n) is 6.17. The highest BCUT2D eigenvalue weighted by Gasteiger charge is 2.10. The molecule has 0 aliphatic rings. The van der Waals surface area contributed by atoms with E-state index in [1.807, 2.05) is 13.0 Å². The molecule has 1 aromatic heterocycles. The lowest BCUT2D eigenvalue weighted by Gasteiger charge is -2.05. The van der Waals surface area contributed by atoms with Crippen LogP contribution < -0.4 is 5.73 Å². The normalized spacial score (nSPS) is 13.5. The molecule has 0 fully saturated rings. The average molecular weight is 236 g/mol. The Morgan fingerprint density at radius 2 is 2.45 bits per heavy atom. The Kier molecular flexibility index (Phi) is 3.06. The third-order valence-electron chi connectivity index (χ3n) is 1.46. The minimum absolute atomic E-state index is 0.00773. The van der Waals surface area contributed by atoms with Crippen LogP contribution in [0, 0.1) is 6.92 Å². The van der Waals surface area contributed by atoms with Crippen LogP contribution in [-0.2, 0) is 0 Å². The second-order valence-corrected chi connectivity index (χ2v) is 4.85. The maximum Gasteiger partial charge on any atom is 0.0704 e. The number of thiophene rings is 1. The van der Waals surface area contributed by atoms with Gasteiger partial charge in [0, 0.05) is 4.88 Å². The van der Waals surface area contributed by atoms with E-state index in [4.69, 9.17) is 10.8 Å². The van der Waals surface area contributed by atoms with Gasteiger partial charge in [-0.05, 0) is 34.5 Å². The summed E-state index contributed by atoms with van der Waals surface area (Å²) in [6.45, 7) is 2.00. The van der Waals surface area contributed by atoms with Crippen molar-refractivity contribution in [2.45, 2.75) is 13.0 Å². The van der Waals surface area contributed by atoms with Crippen molar-refractivity contribution in [2.24, 2.45) is 5.73 Å². The number of rotatable bonds is 2. The van der Waals surface area contributed by atoms with Gasteiger partial charge in [-0.25, -0.2) is 0 Å². The molecular weight excluding hydrogens is 226 g/mol. The highest BCUT2D eigenvalue weighted by molar-refractivity contribution is 9.11. The van der Waals surface area contributed by atoms with Crippen molar-refractivity contribution in [1.82, 2.24) is 0 Å². The van der Waals surface area contributed by atoms with Crippen LogP contribution >= 0.6 is 27.3 Å². The first kappa shape index (κ1) is 9.19. The monoisotopic (exact) mass is 235 g/mol. The van der Waals surface area contributed by atoms with Crippen molar-refractivity contribution in [1.29, 1.82) is 0 Å². The van der Waals surface area contributed by atoms with Crippen molar-refractivity contribution in [3.05, 3.63) is 20.3 Å². The van der Waals surface area contributed by atoms with Gasteiger partial charge in [0.15, 0.2) is 0 Å². The summed E-state index contributed by atoms with van der Waals surface area (Å²) >= 11 is 4.94. The topological polar surface area (TPSA) is 46.2 Å². The molecule has 0 bridgehead atoms. The molecule has 1 heterocycles. The first-order valence-corrected chi connectivity index (χ1v) is 4.88. The van der Waals surface area contributed by atoms with Crippen molar-refractivity contribution >= 4 is 27.3 Å². The van der Waals surface area contributed by atoms with Gasteiger partial charge >= 0.3 is 0 Å². The van der Waals surface area contributed by atoms with E-state index in [1.54, 1.807) is 11.3 Å². The van der Waals surface area contributed by atoms with E-state index in [2.05, 4.69) is 15.9 Å². The summed E-state index contributed by atoms with van der Waals surface area (Å²) in [5, 5.41) is 8.79. The summed E-state index contributed by atoms with van der Waals surface area (Å²) in [5.41, 5.74) is 6.79. The molecule has 0 saturated carbocycles. The Morgan fingerprint density at radius 3 is 2.82 bits per heavy atom. The third-order valence-corrected chi connectivity index (χ3v) is 3.33. The lowest BCUT2D eigenvalue weighted by atomic mass is 10.2. The number of hydrogen-bond acceptors (Lipinski definition) is 3. The molecular formula is C7H10BrNOS. The van der Waals surface area contributed by atoms with E-state index in [0.29, 0.717) is 0 Å². The van der Waals surface area contributed by atoms with Crippen LogP contribution in [0.25, 0.3) is 0 Å². The van der Waals surface area contributed by atoms with Crippen LogP contribution in [0.1, 0.15) is 16.5 Å². The molecule has 0 radical (unpaired) electrons. The smallest absolute Gasteiger partial charge is 0.0704 e. The van der Waals surface area contributed by atoms with Crippen LogP contribution in [0.4, 0.5) is 0 Å². The van der Waals surface area contributed by atoms with Crippen LogP contribution in [0.15, 0.2) is 9.85 Å². The lowest BCUT2D eigenvalue weighted by Crippen LogP contribution is -2.13. The molecule has 0 aliphatic heterocycles. The average Bonchev–Trinajstić information content (AvgIpc) is 2.28. The molecule has 1 rings (SSSR count). The summed E-state index contributed by atoms with van der Waals surface area (Å²) < 4.78 is 1.06. The van der Waals surface area contributed by atoms with E-state index >= 15 is 0 Å². The lowest BCUT2D eigenvalue weighted by molar-refractivity contribution is 0.269. The highest BCUT2D eigenvalue weighted by Crippen LogP contribution is 2.30. The molecule has 1 unspecified atom stereocenters. The highest BCUT2D eigenvalue weighted by atomic mass is 79.9. The molecule has 0 amide bonds. The van der Waals surface area contributed by atoms with Crippen molar-refractivity contribution in [3.8, 4) is 0 Å². The predicted octanol–water partition coefficient (Wildman–Crippen LogP) is 1.81. The van der Waals surface area contributed by atoms with E-state index < -0.39 is 0 Å². The van der Waals surface area contributed by atoms with Crippen LogP contribution in [0.2, 0.25) is 0 Å². The first-order chi connectivity index (χ1) is 5.15. The van der Waals surface area contributed by atoms with Gasteiger partial charge < -0.3 is 10.8 Å². The Hall–Kier alpha value is 0.1000. The molecule has 62 valence electrons. The summed E-state index contributed by atoms with van der Waals surface area (Å²) in [4.78, 5) is 1.05. The minimum Gasteiger partial charge on any atom is -0.394 e. The van der Waals surface area contributed by atoms with Gasteiger partial charge in [0.2, 0.25) is 0 Å². The molecule has 0 spiro atoms. The second kappa shape index (κ2) is 3.67. The van der Waals surface area contributed by atoms with Gasteiger partial charge in [0.1, 0.15) is 0 Å². The Bertz CT molecular complexity index is 249. The molecule has 4 heteroatoms. The van der Waals surface area contributed by atoms with E-state index in [1.165, 1.54) is 0 Å². The van der Waals surface area contributed by atoms with E-state index in [9.17, 15) is 0 Å². The quantitative estimate of drug-likeness (QED) is 0.822. The minimum atomic E-state index is -0.230. The molecule has 0 aliphatic carbocycles. The second-order valence-electron chi connectivity index (χ2n) is 2.39. The molecule has 0 aromatic carbocycles. The fourth-order valence-corrected chi connectivity index (χ4v) is 2.67. The first-order valence-electron chi connectivity index (χ1n) is 3.27. The fourth-order valence-electron chi connectivity index (χ4n) is 0.907. The molecule has 11 heavy (non-hydrogen) atoms. The number of halogens is 1. The zero-order valence-corrected chi connectivity index (χ0v) is 8.58. The van der Waals surface area contributed by atoms with Crippen molar-refractivity contribution in [2.75, 3.05) is 6.61 Å². The standard InChI is InChI=1S/C7H10BrNOS/c1-4-2-6(8)11-7(4)5(9)3-10/h2,5,10H,3,9H2,1H3. The summed E-state index contributed by atoms with van der Waals surface area (Å²) in [5.74, 6) is 0. The van der Waals surface area contributed by atoms with Gasteiger partial charge in [-0.1, -0.05) is 0 Å². The van der Waals surface area contributed by atoms with Crippen LogP contribution in [0.5, 0.6) is 0 Å². The largest absolute Gasteiger partial charge is 0.394 e. The maximum absolute atomic E-state index is 8.79. The SMILES string of the molecule is Cc1cc(Br)sc1C(N)CO. The summed E-state index contributed by atoms with van der Waals surface area (Å²) in [7, 11) is 0. The van der Waals surface area contributed by atoms with Gasteiger partial charge in [-0.3, -0.25) is 0 Å². The Morgan fingerprint density at radius 1 is 1.82 bits per heavy atom. The van der Waals surface area contributed by atoms with Gasteiger partial charge in [0.05, 0.1) is 16.4 Å². The molecule has 1 aromatic rings. The molecule has 2 nitrogen and oxygen atoms in total. The van der Waals surface area contributed by atoms with E-state index in [-0.39, 0.29) is 12.6 Å². The summed E-state index contributed by atoms with van der Waals surface area (Å²) in [6, 6.07) is 1.78. The number of aryl methyl sites for hydroxylation is 1. The van der Waals surface area contributed by atoms with Gasteiger partial charge in [0.25, 0.3) is 0 Å². The molecule has 0 saturated heterocycles. The van der Waals surface area contributed by atoms with Crippen molar-refractivity contribution in [3.63, 3.8) is 0 Å². The van der Waals surface area contributed by atoms with E-state index in [0.717, 1.165) is 14.2 Å². The number of aliphatic hydroxyl groups is 1. The predicted molar refractivity (Wildman–Crippen MR) is 50.8 cm³/mol. The van der Waals surface area contributed by atoms with Crippen LogP contribution in [-0.4, -0.2) is 11.7 Å². The Labute approximate surface area is 78.2 Å². The van der Waals surface area contributed by atoms with Crippen molar-refractivity contribution < 1.29 is 5.11 Å². The van der Waals surface area contributed by atoms with Crippen LogP contribution in [0.3, 0.4) is 0 Å². The fraction of sp³-hybridized carbons (Fsp3) is 0.429. The van der Waals surface area contributed by atoms with Gasteiger partial charge in [-0.15, -0.1) is 11.3 Å². The number of hydrogen-bond donors (Lipinski definition) is 2.